The molecule has 2 rings (SSSR count). The summed E-state index contributed by atoms with van der Waals surface area (Å²) < 4.78 is 10.7. The molecular weight excluding hydrogens is 422 g/mol. The Morgan fingerprint density at radius 2 is 1.42 bits per heavy atom. The number of carbonyl (C=O) groups excluding carboxylic acids is 3. The smallest absolute Gasteiger partial charge is 0.276 e. The lowest BCUT2D eigenvalue weighted by Gasteiger charge is -2.11. The molecule has 0 aliphatic carbocycles. The molecule has 2 aromatic rings. The predicted molar refractivity (Wildman–Crippen MR) is 118 cm³/mol. The highest BCUT2D eigenvalue weighted by Crippen LogP contribution is 2.25. The van der Waals surface area contributed by atoms with E-state index in [1.165, 1.54) is 0 Å². The van der Waals surface area contributed by atoms with Gasteiger partial charge in [-0.1, -0.05) is 11.6 Å². The van der Waals surface area contributed by atoms with E-state index < -0.39 is 11.8 Å². The minimum absolute atomic E-state index is 0.0330. The topological polar surface area (TPSA) is 106 Å². The molecule has 8 nitrogen and oxygen atoms in total. The Hall–Kier alpha value is -3.26. The predicted octanol–water partition coefficient (Wildman–Crippen LogP) is 3.30. The molecule has 0 heterocycles. The van der Waals surface area contributed by atoms with Crippen molar-refractivity contribution in [2.75, 3.05) is 18.5 Å². The van der Waals surface area contributed by atoms with E-state index in [1.54, 1.807) is 36.4 Å². The summed E-state index contributed by atoms with van der Waals surface area (Å²) in [6, 6.07) is 10.4. The second kappa shape index (κ2) is 11.8. The monoisotopic (exact) mass is 447 g/mol. The van der Waals surface area contributed by atoms with Crippen LogP contribution in [-0.4, -0.2) is 30.9 Å². The summed E-state index contributed by atoms with van der Waals surface area (Å²) in [5.41, 5.74) is 6.79. The van der Waals surface area contributed by atoms with Gasteiger partial charge in [-0.2, -0.15) is 0 Å². The van der Waals surface area contributed by atoms with Gasteiger partial charge in [-0.05, 0) is 68.3 Å². The highest BCUT2D eigenvalue weighted by Gasteiger charge is 2.10. The average Bonchev–Trinajstić information content (AvgIpc) is 2.74. The van der Waals surface area contributed by atoms with Gasteiger partial charge in [-0.15, -0.1) is 0 Å². The first-order chi connectivity index (χ1) is 14.8. The molecule has 3 amide bonds. The second-order valence-corrected chi connectivity index (χ2v) is 7.14. The van der Waals surface area contributed by atoms with Crippen LogP contribution < -0.4 is 25.6 Å². The maximum Gasteiger partial charge on any atom is 0.276 e. The highest BCUT2D eigenvalue weighted by atomic mass is 35.5. The summed E-state index contributed by atoms with van der Waals surface area (Å²) in [6.45, 7) is 5.85. The standard InChI is InChI=1S/C22H26ClN3O5/c1-4-30-17-7-5-16(6-8-17)24-19(27)9-10-20(28)25-26-21(29)13-31-18-11-14(2)22(23)15(3)12-18/h5-8,11-12H,4,9-10,13H2,1-3H3,(H,24,27)(H,25,28)(H,26,29). The van der Waals surface area contributed by atoms with E-state index in [9.17, 15) is 14.4 Å². The van der Waals surface area contributed by atoms with E-state index in [4.69, 9.17) is 21.1 Å². The zero-order valence-corrected chi connectivity index (χ0v) is 18.5. The highest BCUT2D eigenvalue weighted by molar-refractivity contribution is 6.32. The molecule has 2 aromatic carbocycles. The van der Waals surface area contributed by atoms with E-state index in [2.05, 4.69) is 16.2 Å². The van der Waals surface area contributed by atoms with Crippen LogP contribution in [0.4, 0.5) is 5.69 Å². The fourth-order valence-electron chi connectivity index (χ4n) is 2.63. The quantitative estimate of drug-likeness (QED) is 0.511. The fraction of sp³-hybridized carbons (Fsp3) is 0.318. The lowest BCUT2D eigenvalue weighted by atomic mass is 10.1. The van der Waals surface area contributed by atoms with Gasteiger partial charge in [0.2, 0.25) is 11.8 Å². The molecule has 0 aliphatic rings. The van der Waals surface area contributed by atoms with E-state index in [1.807, 2.05) is 20.8 Å². The zero-order chi connectivity index (χ0) is 22.8. The number of aryl methyl sites for hydroxylation is 2. The zero-order valence-electron chi connectivity index (χ0n) is 17.7. The van der Waals surface area contributed by atoms with Crippen molar-refractivity contribution in [1.29, 1.82) is 0 Å². The molecule has 3 N–H and O–H groups in total. The summed E-state index contributed by atoms with van der Waals surface area (Å²) in [5.74, 6) is -0.124. The van der Waals surface area contributed by atoms with E-state index in [0.29, 0.717) is 28.8 Å². The number of carbonyl (C=O) groups is 3. The third kappa shape index (κ3) is 8.18. The number of rotatable bonds is 9. The molecular formula is C22H26ClN3O5. The minimum Gasteiger partial charge on any atom is -0.494 e. The fourth-order valence-corrected chi connectivity index (χ4v) is 2.74. The Balaban J connectivity index is 1.66. The van der Waals surface area contributed by atoms with Gasteiger partial charge in [0.1, 0.15) is 11.5 Å². The minimum atomic E-state index is -0.530. The first kappa shape index (κ1) is 24.0. The molecule has 0 saturated heterocycles. The first-order valence-corrected chi connectivity index (χ1v) is 10.2. The third-order valence-electron chi connectivity index (χ3n) is 4.15. The largest absolute Gasteiger partial charge is 0.494 e. The summed E-state index contributed by atoms with van der Waals surface area (Å²) in [5, 5.41) is 3.34. The molecule has 0 fully saturated rings. The van der Waals surface area contributed by atoms with E-state index >= 15 is 0 Å². The summed E-state index contributed by atoms with van der Waals surface area (Å²) in [7, 11) is 0. The Labute approximate surface area is 186 Å². The molecule has 0 radical (unpaired) electrons. The summed E-state index contributed by atoms with van der Waals surface area (Å²) in [6.07, 6.45) is -0.117. The van der Waals surface area contributed by atoms with Crippen LogP contribution in [0.5, 0.6) is 11.5 Å². The van der Waals surface area contributed by atoms with Crippen LogP contribution >= 0.6 is 11.6 Å². The van der Waals surface area contributed by atoms with Crippen LogP contribution in [0.3, 0.4) is 0 Å². The number of hydrogen-bond donors (Lipinski definition) is 3. The Morgan fingerprint density at radius 3 is 2.03 bits per heavy atom. The van der Waals surface area contributed by atoms with E-state index in [0.717, 1.165) is 11.1 Å². The van der Waals surface area contributed by atoms with Crippen molar-refractivity contribution in [3.8, 4) is 11.5 Å². The lowest BCUT2D eigenvalue weighted by molar-refractivity contribution is -0.130. The van der Waals surface area contributed by atoms with Crippen LogP contribution in [0, 0.1) is 13.8 Å². The summed E-state index contributed by atoms with van der Waals surface area (Å²) in [4.78, 5) is 35.7. The van der Waals surface area contributed by atoms with Crippen LogP contribution in [0.15, 0.2) is 36.4 Å². The van der Waals surface area contributed by atoms with E-state index in [-0.39, 0.29) is 25.4 Å². The van der Waals surface area contributed by atoms with Gasteiger partial charge in [0.15, 0.2) is 6.61 Å². The number of amides is 3. The number of hydrogen-bond acceptors (Lipinski definition) is 5. The normalized spacial score (nSPS) is 10.2. The van der Waals surface area contributed by atoms with Crippen LogP contribution in [0.25, 0.3) is 0 Å². The summed E-state index contributed by atoms with van der Waals surface area (Å²) >= 11 is 6.10. The van der Waals surface area contributed by atoms with Gasteiger partial charge in [-0.3, -0.25) is 25.2 Å². The van der Waals surface area contributed by atoms with Crippen molar-refractivity contribution in [2.45, 2.75) is 33.6 Å². The van der Waals surface area contributed by atoms with Crippen LogP contribution in [0.2, 0.25) is 5.02 Å². The molecule has 0 bridgehead atoms. The second-order valence-electron chi connectivity index (χ2n) is 6.76. The Morgan fingerprint density at radius 1 is 0.839 bits per heavy atom. The molecule has 0 aromatic heterocycles. The number of anilines is 1. The van der Waals surface area contributed by atoms with Gasteiger partial charge in [0, 0.05) is 23.6 Å². The number of benzene rings is 2. The molecule has 0 atom stereocenters. The number of ether oxygens (including phenoxy) is 2. The third-order valence-corrected chi connectivity index (χ3v) is 4.75. The molecule has 0 saturated carbocycles. The van der Waals surface area contributed by atoms with Crippen LogP contribution in [0.1, 0.15) is 30.9 Å². The SMILES string of the molecule is CCOc1ccc(NC(=O)CCC(=O)NNC(=O)COc2cc(C)c(Cl)c(C)c2)cc1. The molecule has 31 heavy (non-hydrogen) atoms. The molecule has 166 valence electrons. The number of nitrogens with one attached hydrogen (secondary N) is 3. The van der Waals surface area contributed by atoms with Crippen molar-refractivity contribution in [2.24, 2.45) is 0 Å². The maximum atomic E-state index is 12.0. The van der Waals surface area contributed by atoms with Gasteiger partial charge < -0.3 is 14.8 Å². The number of hydrazine groups is 1. The average molecular weight is 448 g/mol. The van der Waals surface area contributed by atoms with Crippen molar-refractivity contribution in [3.63, 3.8) is 0 Å². The van der Waals surface area contributed by atoms with Gasteiger partial charge in [0.25, 0.3) is 5.91 Å². The lowest BCUT2D eigenvalue weighted by Crippen LogP contribution is -2.44. The first-order valence-electron chi connectivity index (χ1n) is 9.78. The molecule has 0 spiro atoms. The number of halogens is 1. The van der Waals surface area contributed by atoms with Gasteiger partial charge in [0.05, 0.1) is 6.61 Å². The van der Waals surface area contributed by atoms with Gasteiger partial charge >= 0.3 is 0 Å². The molecule has 0 aliphatic heterocycles. The van der Waals surface area contributed by atoms with Crippen molar-refractivity contribution < 1.29 is 23.9 Å². The molecule has 9 heteroatoms. The Bertz CT molecular complexity index is 908. The van der Waals surface area contributed by atoms with Gasteiger partial charge in [-0.25, -0.2) is 0 Å². The van der Waals surface area contributed by atoms with Crippen molar-refractivity contribution in [1.82, 2.24) is 10.9 Å². The molecule has 0 unspecified atom stereocenters. The Kier molecular flexibility index (Phi) is 9.14. The van der Waals surface area contributed by atoms with Crippen LogP contribution in [-0.2, 0) is 14.4 Å². The van der Waals surface area contributed by atoms with Crippen molar-refractivity contribution >= 4 is 35.0 Å². The van der Waals surface area contributed by atoms with Crippen molar-refractivity contribution in [3.05, 3.63) is 52.5 Å². The maximum absolute atomic E-state index is 12.0.